The van der Waals surface area contributed by atoms with Gasteiger partial charge in [-0.1, -0.05) is 47.0 Å². The third-order valence-corrected chi connectivity index (χ3v) is 2.17. The zero-order valence-electron chi connectivity index (χ0n) is 12.8. The van der Waals surface area contributed by atoms with Gasteiger partial charge < -0.3 is 0 Å². The molecule has 0 aliphatic carbocycles. The van der Waals surface area contributed by atoms with Crippen molar-refractivity contribution in [2.75, 3.05) is 0 Å². The van der Waals surface area contributed by atoms with Gasteiger partial charge in [-0.25, -0.2) is 0 Å². The maximum atomic E-state index is 12.2. The molecular formula is C15H23F3N2. The molecule has 2 nitrogen and oxygen atoms in total. The van der Waals surface area contributed by atoms with Gasteiger partial charge in [-0.15, -0.1) is 0 Å². The van der Waals surface area contributed by atoms with Gasteiger partial charge in [-0.05, 0) is 13.0 Å². The molecule has 1 aromatic heterocycles. The number of aromatic nitrogens is 1. The van der Waals surface area contributed by atoms with Crippen molar-refractivity contribution in [1.29, 1.82) is 5.26 Å². The van der Waals surface area contributed by atoms with E-state index < -0.39 is 17.3 Å². The molecule has 0 unspecified atom stereocenters. The zero-order chi connectivity index (χ0) is 16.2. The van der Waals surface area contributed by atoms with Crippen LogP contribution in [0, 0.1) is 18.3 Å². The molecule has 20 heavy (non-hydrogen) atoms. The highest BCUT2D eigenvalue weighted by molar-refractivity contribution is 5.38. The maximum absolute atomic E-state index is 12.2. The molecule has 0 bridgehead atoms. The summed E-state index contributed by atoms with van der Waals surface area (Å²) in [6.07, 6.45) is 0.518. The maximum Gasteiger partial charge on any atom is 0.417 e. The van der Waals surface area contributed by atoms with Crippen LogP contribution >= 0.6 is 0 Å². The Morgan fingerprint density at radius 1 is 1.20 bits per heavy atom. The van der Waals surface area contributed by atoms with Crippen molar-refractivity contribution in [1.82, 2.24) is 4.98 Å². The number of rotatable bonds is 2. The number of hydrogen-bond donors (Lipinski definition) is 0. The Morgan fingerprint density at radius 2 is 1.70 bits per heavy atom. The highest BCUT2D eigenvalue weighted by atomic mass is 19.4. The van der Waals surface area contributed by atoms with Crippen LogP contribution < -0.4 is 0 Å². The number of unbranched alkanes of at least 4 members (excludes halogenated alkanes) is 2. The summed E-state index contributed by atoms with van der Waals surface area (Å²) >= 11 is 0. The van der Waals surface area contributed by atoms with E-state index in [1.54, 1.807) is 0 Å². The fraction of sp³-hybridized carbons (Fsp3) is 0.600. The molecule has 0 spiro atoms. The predicted molar refractivity (Wildman–Crippen MR) is 75.2 cm³/mol. The van der Waals surface area contributed by atoms with Crippen molar-refractivity contribution in [3.8, 4) is 6.07 Å². The summed E-state index contributed by atoms with van der Waals surface area (Å²) in [6, 6.07) is 2.31. The standard InChI is InChI=1S/C8H5F3N2.C5H12.C2H6/c1-5-2-7(8(9,10)11)6(3-12)4-13-5;1-3-5-4-2;1-2/h2,4H,1H3;3-5H2,1-2H3;1-2H3. The molecule has 0 N–H and O–H groups in total. The Labute approximate surface area is 119 Å². The van der Waals surface area contributed by atoms with Gasteiger partial charge in [0, 0.05) is 11.9 Å². The molecule has 1 aromatic rings. The molecule has 0 fully saturated rings. The van der Waals surface area contributed by atoms with E-state index in [4.69, 9.17) is 5.26 Å². The summed E-state index contributed by atoms with van der Waals surface area (Å²) in [5.41, 5.74) is -1.13. The number of nitrogens with zero attached hydrogens (tertiary/aromatic N) is 2. The largest absolute Gasteiger partial charge is 0.417 e. The number of alkyl halides is 3. The monoisotopic (exact) mass is 288 g/mol. The van der Waals surface area contributed by atoms with Crippen LogP contribution in [-0.4, -0.2) is 4.98 Å². The Balaban J connectivity index is 0. The lowest BCUT2D eigenvalue weighted by atomic mass is 10.1. The molecule has 0 atom stereocenters. The first kappa shape index (κ1) is 20.7. The van der Waals surface area contributed by atoms with Gasteiger partial charge in [0.15, 0.2) is 0 Å². The molecule has 1 rings (SSSR count). The topological polar surface area (TPSA) is 36.7 Å². The molecule has 0 saturated heterocycles. The van der Waals surface area contributed by atoms with Crippen LogP contribution in [0.1, 0.15) is 63.8 Å². The molecule has 5 heteroatoms. The van der Waals surface area contributed by atoms with E-state index in [2.05, 4.69) is 18.8 Å². The van der Waals surface area contributed by atoms with Gasteiger partial charge in [0.1, 0.15) is 6.07 Å². The van der Waals surface area contributed by atoms with Crippen LogP contribution in [-0.2, 0) is 6.18 Å². The van der Waals surface area contributed by atoms with E-state index in [1.165, 1.54) is 32.3 Å². The summed E-state index contributed by atoms with van der Waals surface area (Å²) in [5, 5.41) is 8.38. The third kappa shape index (κ3) is 8.52. The average molecular weight is 288 g/mol. The summed E-state index contributed by atoms with van der Waals surface area (Å²) in [4.78, 5) is 3.60. The smallest absolute Gasteiger partial charge is 0.260 e. The van der Waals surface area contributed by atoms with Gasteiger partial charge in [0.25, 0.3) is 0 Å². The van der Waals surface area contributed by atoms with Crippen molar-refractivity contribution in [3.05, 3.63) is 29.1 Å². The highest BCUT2D eigenvalue weighted by Gasteiger charge is 2.33. The van der Waals surface area contributed by atoms with Crippen LogP contribution in [0.2, 0.25) is 0 Å². The fourth-order valence-corrected chi connectivity index (χ4v) is 1.24. The van der Waals surface area contributed by atoms with Crippen LogP contribution in [0.3, 0.4) is 0 Å². The second-order valence-electron chi connectivity index (χ2n) is 3.83. The Kier molecular flexibility index (Phi) is 11.7. The Morgan fingerprint density at radius 3 is 2.00 bits per heavy atom. The molecule has 0 amide bonds. The lowest BCUT2D eigenvalue weighted by Crippen LogP contribution is -2.08. The van der Waals surface area contributed by atoms with Gasteiger partial charge in [-0.3, -0.25) is 4.98 Å². The summed E-state index contributed by atoms with van der Waals surface area (Å²) in [7, 11) is 0. The van der Waals surface area contributed by atoms with Gasteiger partial charge in [0.2, 0.25) is 0 Å². The van der Waals surface area contributed by atoms with Crippen LogP contribution in [0.4, 0.5) is 13.2 Å². The van der Waals surface area contributed by atoms with E-state index in [0.29, 0.717) is 0 Å². The number of halogens is 3. The highest BCUT2D eigenvalue weighted by Crippen LogP contribution is 2.31. The molecular weight excluding hydrogens is 265 g/mol. The minimum absolute atomic E-state index is 0.242. The van der Waals surface area contributed by atoms with Crippen molar-refractivity contribution < 1.29 is 13.2 Å². The number of aryl methyl sites for hydroxylation is 1. The van der Waals surface area contributed by atoms with E-state index in [0.717, 1.165) is 12.3 Å². The summed E-state index contributed by atoms with van der Waals surface area (Å²) < 4.78 is 36.7. The predicted octanol–water partition coefficient (Wildman–Crippen LogP) is 5.50. The molecule has 0 radical (unpaired) electrons. The zero-order valence-corrected chi connectivity index (χ0v) is 12.8. The average Bonchev–Trinajstić information content (AvgIpc) is 2.41. The molecule has 0 aliphatic rings. The SMILES string of the molecule is CC.CCCCC.Cc1cc(C(F)(F)F)c(C#N)cn1. The molecule has 0 saturated carbocycles. The molecule has 0 aliphatic heterocycles. The summed E-state index contributed by atoms with van der Waals surface area (Å²) in [5.74, 6) is 0. The number of hydrogen-bond acceptors (Lipinski definition) is 2. The first-order valence-electron chi connectivity index (χ1n) is 6.80. The minimum atomic E-state index is -4.49. The Hall–Kier alpha value is -1.57. The molecule has 0 aromatic carbocycles. The summed E-state index contributed by atoms with van der Waals surface area (Å²) in [6.45, 7) is 9.86. The van der Waals surface area contributed by atoms with Crippen LogP contribution in [0.15, 0.2) is 12.3 Å². The van der Waals surface area contributed by atoms with E-state index in [-0.39, 0.29) is 5.69 Å². The van der Waals surface area contributed by atoms with Crippen LogP contribution in [0.5, 0.6) is 0 Å². The number of pyridine rings is 1. The lowest BCUT2D eigenvalue weighted by molar-refractivity contribution is -0.137. The van der Waals surface area contributed by atoms with Crippen molar-refractivity contribution in [2.24, 2.45) is 0 Å². The van der Waals surface area contributed by atoms with Crippen molar-refractivity contribution in [2.45, 2.75) is 60.1 Å². The Bertz CT molecular complexity index is 405. The van der Waals surface area contributed by atoms with Crippen molar-refractivity contribution >= 4 is 0 Å². The van der Waals surface area contributed by atoms with Gasteiger partial charge in [0.05, 0.1) is 11.1 Å². The molecule has 1 heterocycles. The quantitative estimate of drug-likeness (QED) is 0.720. The third-order valence-electron chi connectivity index (χ3n) is 2.17. The van der Waals surface area contributed by atoms with Gasteiger partial charge in [-0.2, -0.15) is 18.4 Å². The van der Waals surface area contributed by atoms with Crippen LogP contribution in [0.25, 0.3) is 0 Å². The van der Waals surface area contributed by atoms with E-state index in [9.17, 15) is 13.2 Å². The second-order valence-corrected chi connectivity index (χ2v) is 3.83. The number of nitriles is 1. The second kappa shape index (κ2) is 11.3. The minimum Gasteiger partial charge on any atom is -0.260 e. The lowest BCUT2D eigenvalue weighted by Gasteiger charge is -2.08. The van der Waals surface area contributed by atoms with Gasteiger partial charge >= 0.3 is 6.18 Å². The van der Waals surface area contributed by atoms with E-state index in [1.807, 2.05) is 13.8 Å². The normalized spacial score (nSPS) is 9.55. The van der Waals surface area contributed by atoms with Crippen molar-refractivity contribution in [3.63, 3.8) is 0 Å². The first-order valence-corrected chi connectivity index (χ1v) is 6.80. The van der Waals surface area contributed by atoms with E-state index >= 15 is 0 Å². The molecule has 114 valence electrons. The fourth-order valence-electron chi connectivity index (χ4n) is 1.24. The first-order chi connectivity index (χ1) is 9.36.